The molecule has 4 rings (SSSR count). The van der Waals surface area contributed by atoms with Gasteiger partial charge in [0, 0.05) is 22.7 Å². The molecule has 1 saturated carbocycles. The molecule has 1 aromatic heterocycles. The highest BCUT2D eigenvalue weighted by Gasteiger charge is 2.41. The van der Waals surface area contributed by atoms with Crippen LogP contribution in [-0.4, -0.2) is 35.8 Å². The van der Waals surface area contributed by atoms with Crippen molar-refractivity contribution < 1.29 is 9.59 Å². The van der Waals surface area contributed by atoms with Crippen molar-refractivity contribution >= 4 is 44.8 Å². The van der Waals surface area contributed by atoms with E-state index in [0.717, 1.165) is 47.9 Å². The molecular formula is C19H21ClN2O2S. The van der Waals surface area contributed by atoms with E-state index in [4.69, 9.17) is 11.6 Å². The van der Waals surface area contributed by atoms with Crippen LogP contribution in [0.4, 0.5) is 0 Å². The van der Waals surface area contributed by atoms with Crippen LogP contribution in [0.3, 0.4) is 0 Å². The summed E-state index contributed by atoms with van der Waals surface area (Å²) in [5.41, 5.74) is 1.13. The largest absolute Gasteiger partial charge is 0.316 e. The number of carbonyl (C=O) groups excluding carboxylic acids is 2. The van der Waals surface area contributed by atoms with Gasteiger partial charge in [0.1, 0.15) is 4.88 Å². The number of benzene rings is 1. The van der Waals surface area contributed by atoms with E-state index in [1.54, 1.807) is 0 Å². The van der Waals surface area contributed by atoms with Crippen LogP contribution in [0.1, 0.15) is 40.9 Å². The zero-order valence-corrected chi connectivity index (χ0v) is 15.8. The minimum atomic E-state index is -0.220. The first-order valence-electron chi connectivity index (χ1n) is 8.83. The molecule has 6 heteroatoms. The Morgan fingerprint density at radius 1 is 1.28 bits per heavy atom. The zero-order valence-electron chi connectivity index (χ0n) is 14.2. The lowest BCUT2D eigenvalue weighted by Crippen LogP contribution is -2.46. The number of carbonyl (C=O) groups is 2. The van der Waals surface area contributed by atoms with Gasteiger partial charge in [-0.2, -0.15) is 0 Å². The van der Waals surface area contributed by atoms with E-state index in [2.05, 4.69) is 5.32 Å². The second-order valence-electron chi connectivity index (χ2n) is 7.03. The number of hydrogen-bond acceptors (Lipinski definition) is 4. The molecule has 0 bridgehead atoms. The van der Waals surface area contributed by atoms with Crippen molar-refractivity contribution in [3.05, 3.63) is 33.7 Å². The maximum absolute atomic E-state index is 13.2. The summed E-state index contributed by atoms with van der Waals surface area (Å²) in [6, 6.07) is 6.03. The second kappa shape index (κ2) is 6.71. The Morgan fingerprint density at radius 2 is 2.08 bits per heavy atom. The highest BCUT2D eigenvalue weighted by Crippen LogP contribution is 2.39. The maximum Gasteiger partial charge on any atom is 0.272 e. The number of fused-ring (bicyclic) bond motifs is 1. The molecule has 1 aliphatic heterocycles. The third-order valence-corrected chi connectivity index (χ3v) is 6.64. The molecule has 1 saturated heterocycles. The minimum Gasteiger partial charge on any atom is -0.316 e. The Bertz CT molecular complexity index is 837. The van der Waals surface area contributed by atoms with E-state index in [1.807, 2.05) is 25.1 Å². The number of imide groups is 1. The van der Waals surface area contributed by atoms with Gasteiger partial charge in [-0.15, -0.1) is 11.3 Å². The van der Waals surface area contributed by atoms with Gasteiger partial charge in [-0.3, -0.25) is 14.5 Å². The number of thiophene rings is 1. The summed E-state index contributed by atoms with van der Waals surface area (Å²) in [5, 5.41) is 4.63. The van der Waals surface area contributed by atoms with E-state index in [-0.39, 0.29) is 23.8 Å². The second-order valence-corrected chi connectivity index (χ2v) is 8.46. The number of rotatable bonds is 3. The Hall–Kier alpha value is -1.43. The molecule has 1 N–H and O–H groups in total. The summed E-state index contributed by atoms with van der Waals surface area (Å²) >= 11 is 7.90. The normalized spacial score (nSPS) is 20.6. The van der Waals surface area contributed by atoms with Crippen molar-refractivity contribution in [2.45, 2.75) is 38.6 Å². The molecule has 2 heterocycles. The van der Waals surface area contributed by atoms with Crippen molar-refractivity contribution in [3.63, 3.8) is 0 Å². The van der Waals surface area contributed by atoms with Crippen LogP contribution in [0, 0.1) is 12.8 Å². The van der Waals surface area contributed by atoms with Gasteiger partial charge >= 0.3 is 0 Å². The molecule has 2 aliphatic rings. The van der Waals surface area contributed by atoms with Crippen LogP contribution in [0.5, 0.6) is 0 Å². The van der Waals surface area contributed by atoms with Crippen LogP contribution in [0.25, 0.3) is 10.1 Å². The lowest BCUT2D eigenvalue weighted by molar-refractivity contribution is -0.133. The molecule has 25 heavy (non-hydrogen) atoms. The monoisotopic (exact) mass is 376 g/mol. The molecule has 1 aliphatic carbocycles. The van der Waals surface area contributed by atoms with Crippen LogP contribution in [0.15, 0.2) is 18.2 Å². The van der Waals surface area contributed by atoms with Crippen molar-refractivity contribution in [1.82, 2.24) is 10.2 Å². The van der Waals surface area contributed by atoms with Gasteiger partial charge in [0.25, 0.3) is 5.91 Å². The molecule has 2 aromatic rings. The van der Waals surface area contributed by atoms with Gasteiger partial charge in [0.2, 0.25) is 5.91 Å². The van der Waals surface area contributed by atoms with Crippen LogP contribution in [-0.2, 0) is 4.79 Å². The predicted octanol–water partition coefficient (Wildman–Crippen LogP) is 3.99. The molecule has 0 spiro atoms. The van der Waals surface area contributed by atoms with E-state index in [0.29, 0.717) is 16.4 Å². The predicted molar refractivity (Wildman–Crippen MR) is 101 cm³/mol. The van der Waals surface area contributed by atoms with Gasteiger partial charge < -0.3 is 5.32 Å². The smallest absolute Gasteiger partial charge is 0.272 e. The van der Waals surface area contributed by atoms with Gasteiger partial charge in [-0.05, 0) is 50.8 Å². The van der Waals surface area contributed by atoms with E-state index >= 15 is 0 Å². The van der Waals surface area contributed by atoms with E-state index < -0.39 is 0 Å². The quantitative estimate of drug-likeness (QED) is 0.824. The summed E-state index contributed by atoms with van der Waals surface area (Å²) < 4.78 is 0.996. The Morgan fingerprint density at radius 3 is 2.76 bits per heavy atom. The minimum absolute atomic E-state index is 0.0376. The van der Waals surface area contributed by atoms with Gasteiger partial charge in [0.05, 0.1) is 10.9 Å². The van der Waals surface area contributed by atoms with Crippen molar-refractivity contribution in [2.24, 2.45) is 5.92 Å². The van der Waals surface area contributed by atoms with Gasteiger partial charge in [0.15, 0.2) is 0 Å². The van der Waals surface area contributed by atoms with Crippen molar-refractivity contribution in [1.29, 1.82) is 0 Å². The van der Waals surface area contributed by atoms with Crippen LogP contribution in [0.2, 0.25) is 5.02 Å². The number of hydrogen-bond donors (Lipinski definition) is 1. The number of nitrogens with one attached hydrogen (secondary N) is 1. The Labute approximate surface area is 156 Å². The fourth-order valence-electron chi connectivity index (χ4n) is 3.46. The molecule has 2 amide bonds. The highest BCUT2D eigenvalue weighted by atomic mass is 35.5. The average molecular weight is 377 g/mol. The molecule has 132 valence electrons. The van der Waals surface area contributed by atoms with E-state index in [1.165, 1.54) is 16.2 Å². The molecule has 1 atom stereocenters. The molecule has 2 fully saturated rings. The number of halogens is 1. The third-order valence-electron chi connectivity index (χ3n) is 4.99. The molecule has 0 radical (unpaired) electrons. The summed E-state index contributed by atoms with van der Waals surface area (Å²) in [5.74, 6) is -0.361. The number of amides is 2. The summed E-state index contributed by atoms with van der Waals surface area (Å²) in [6.45, 7) is 3.63. The van der Waals surface area contributed by atoms with Gasteiger partial charge in [-0.1, -0.05) is 23.7 Å². The highest BCUT2D eigenvalue weighted by molar-refractivity contribution is 7.21. The molecule has 1 unspecified atom stereocenters. The zero-order chi connectivity index (χ0) is 17.6. The topological polar surface area (TPSA) is 49.4 Å². The Balaban J connectivity index is 1.67. The SMILES string of the molecule is Cc1ccc2c(Cl)c(C(=O)N(C(=O)C3CCCNC3)C3CC3)sc2c1. The molecule has 1 aromatic carbocycles. The third kappa shape index (κ3) is 3.21. The number of nitrogens with zero attached hydrogens (tertiary/aromatic N) is 1. The fraction of sp³-hybridized carbons (Fsp3) is 0.474. The summed E-state index contributed by atoms with van der Waals surface area (Å²) in [4.78, 5) is 28.2. The number of aryl methyl sites for hydroxylation is 1. The van der Waals surface area contributed by atoms with Crippen molar-refractivity contribution in [2.75, 3.05) is 13.1 Å². The molecule has 4 nitrogen and oxygen atoms in total. The summed E-state index contributed by atoms with van der Waals surface area (Å²) in [6.07, 6.45) is 3.63. The maximum atomic E-state index is 13.2. The lowest BCUT2D eigenvalue weighted by atomic mass is 9.98. The molecular weight excluding hydrogens is 356 g/mol. The first kappa shape index (κ1) is 17.0. The fourth-order valence-corrected chi connectivity index (χ4v) is 5.00. The van der Waals surface area contributed by atoms with E-state index in [9.17, 15) is 9.59 Å². The first-order chi connectivity index (χ1) is 12.1. The van der Waals surface area contributed by atoms with Crippen molar-refractivity contribution in [3.8, 4) is 0 Å². The first-order valence-corrected chi connectivity index (χ1v) is 10.0. The van der Waals surface area contributed by atoms with Gasteiger partial charge in [-0.25, -0.2) is 0 Å². The van der Waals surface area contributed by atoms with Crippen LogP contribution < -0.4 is 5.32 Å². The van der Waals surface area contributed by atoms with Crippen LogP contribution >= 0.6 is 22.9 Å². The Kier molecular flexibility index (Phi) is 4.56. The summed E-state index contributed by atoms with van der Waals surface area (Å²) in [7, 11) is 0. The number of piperidine rings is 1. The standard InChI is InChI=1S/C19H21ClN2O2S/c1-11-4-7-14-15(9-11)25-17(16(14)20)19(24)22(13-5-6-13)18(23)12-3-2-8-21-10-12/h4,7,9,12-13,21H,2-3,5-6,8,10H2,1H3. The average Bonchev–Trinajstić information content (AvgIpc) is 3.39. The lowest BCUT2D eigenvalue weighted by Gasteiger charge is -2.28.